The van der Waals surface area contributed by atoms with Gasteiger partial charge in [-0.15, -0.1) is 10.2 Å². The number of fused-ring (bicyclic) bond motifs is 1. The molecule has 0 aliphatic rings. The van der Waals surface area contributed by atoms with Gasteiger partial charge >= 0.3 is 5.56 Å². The van der Waals surface area contributed by atoms with Crippen LogP contribution in [-0.4, -0.2) is 37.3 Å². The molecule has 0 saturated heterocycles. The van der Waals surface area contributed by atoms with Crippen molar-refractivity contribution in [1.82, 2.24) is 19.2 Å². The van der Waals surface area contributed by atoms with E-state index in [9.17, 15) is 9.59 Å². The summed E-state index contributed by atoms with van der Waals surface area (Å²) in [6.45, 7) is 6.39. The predicted octanol–water partition coefficient (Wildman–Crippen LogP) is 3.87. The highest BCUT2D eigenvalue weighted by atomic mass is 32.2. The molecular weight excluding hydrogens is 412 g/mol. The molecular formula is C23H22N4O3S. The molecule has 0 amide bonds. The van der Waals surface area contributed by atoms with Gasteiger partial charge in [-0.2, -0.15) is 0 Å². The summed E-state index contributed by atoms with van der Waals surface area (Å²) >= 11 is 1.27. The summed E-state index contributed by atoms with van der Waals surface area (Å²) in [7, 11) is 0. The third kappa shape index (κ3) is 4.25. The van der Waals surface area contributed by atoms with Crippen LogP contribution in [0, 0.1) is 13.8 Å². The van der Waals surface area contributed by atoms with Crippen LogP contribution >= 0.6 is 11.8 Å². The zero-order valence-electron chi connectivity index (χ0n) is 17.5. The summed E-state index contributed by atoms with van der Waals surface area (Å²) in [5.41, 5.74) is 3.32. The number of hydrogen-bond donors (Lipinski definition) is 0. The van der Waals surface area contributed by atoms with Gasteiger partial charge in [-0.05, 0) is 56.7 Å². The van der Waals surface area contributed by atoms with Crippen molar-refractivity contribution < 1.29 is 9.53 Å². The number of nitrogens with zero attached hydrogens (tertiary/aromatic N) is 4. The molecule has 0 unspecified atom stereocenters. The number of thioether (sulfide) groups is 1. The maximum absolute atomic E-state index is 12.9. The van der Waals surface area contributed by atoms with E-state index in [0.717, 1.165) is 16.9 Å². The van der Waals surface area contributed by atoms with Crippen molar-refractivity contribution in [2.24, 2.45) is 0 Å². The Kier molecular flexibility index (Phi) is 5.90. The third-order valence-corrected chi connectivity index (χ3v) is 5.83. The van der Waals surface area contributed by atoms with Gasteiger partial charge in [-0.1, -0.05) is 29.5 Å². The Morgan fingerprint density at radius 1 is 1.06 bits per heavy atom. The van der Waals surface area contributed by atoms with Crippen molar-refractivity contribution in [3.05, 3.63) is 81.9 Å². The predicted molar refractivity (Wildman–Crippen MR) is 121 cm³/mol. The van der Waals surface area contributed by atoms with Crippen molar-refractivity contribution in [3.8, 4) is 11.4 Å². The fourth-order valence-electron chi connectivity index (χ4n) is 3.28. The summed E-state index contributed by atoms with van der Waals surface area (Å²) in [5, 5.41) is 8.69. The van der Waals surface area contributed by atoms with Crippen LogP contribution in [0.1, 0.15) is 28.4 Å². The number of Topliss-reactive ketones (excluding diaryl/α,β-unsaturated/α-hetero) is 1. The Morgan fingerprint density at radius 3 is 2.58 bits per heavy atom. The number of benzene rings is 2. The zero-order valence-corrected chi connectivity index (χ0v) is 18.3. The highest BCUT2D eigenvalue weighted by Gasteiger charge is 2.15. The van der Waals surface area contributed by atoms with E-state index >= 15 is 0 Å². The van der Waals surface area contributed by atoms with E-state index in [-0.39, 0.29) is 22.7 Å². The maximum Gasteiger partial charge on any atom is 0.300 e. The molecule has 0 radical (unpaired) electrons. The molecule has 158 valence electrons. The van der Waals surface area contributed by atoms with Gasteiger partial charge in [0.25, 0.3) is 0 Å². The fourth-order valence-corrected chi connectivity index (χ4v) is 4.08. The molecule has 4 aromatic rings. The molecule has 0 aliphatic heterocycles. The van der Waals surface area contributed by atoms with E-state index < -0.39 is 0 Å². The van der Waals surface area contributed by atoms with Gasteiger partial charge in [0.15, 0.2) is 10.9 Å². The molecule has 0 spiro atoms. The molecule has 2 aromatic heterocycles. The van der Waals surface area contributed by atoms with E-state index in [4.69, 9.17) is 4.74 Å². The van der Waals surface area contributed by atoms with Gasteiger partial charge in [0.2, 0.25) is 5.65 Å². The molecule has 0 atom stereocenters. The lowest BCUT2D eigenvalue weighted by Gasteiger charge is -2.08. The summed E-state index contributed by atoms with van der Waals surface area (Å²) in [4.78, 5) is 25.6. The molecule has 0 aliphatic carbocycles. The van der Waals surface area contributed by atoms with Crippen molar-refractivity contribution in [2.75, 3.05) is 12.4 Å². The normalized spacial score (nSPS) is 11.1. The average Bonchev–Trinajstić information content (AvgIpc) is 3.19. The van der Waals surface area contributed by atoms with Gasteiger partial charge in [0.1, 0.15) is 5.75 Å². The molecule has 0 saturated carbocycles. The lowest BCUT2D eigenvalue weighted by atomic mass is 10.0. The number of aromatic nitrogens is 4. The van der Waals surface area contributed by atoms with Crippen LogP contribution in [0.2, 0.25) is 0 Å². The Balaban J connectivity index is 1.57. The summed E-state index contributed by atoms with van der Waals surface area (Å²) in [6, 6.07) is 13.1. The quantitative estimate of drug-likeness (QED) is 0.325. The first-order chi connectivity index (χ1) is 15.0. The van der Waals surface area contributed by atoms with Crippen LogP contribution in [0.4, 0.5) is 0 Å². The smallest absolute Gasteiger partial charge is 0.300 e. The van der Waals surface area contributed by atoms with E-state index in [2.05, 4.69) is 10.2 Å². The number of carbonyl (C=O) groups is 1. The average molecular weight is 435 g/mol. The van der Waals surface area contributed by atoms with Gasteiger partial charge in [-0.25, -0.2) is 0 Å². The second kappa shape index (κ2) is 8.77. The third-order valence-electron chi connectivity index (χ3n) is 4.89. The highest BCUT2D eigenvalue weighted by Crippen LogP contribution is 2.20. The van der Waals surface area contributed by atoms with Crippen LogP contribution < -0.4 is 10.3 Å². The molecule has 2 aromatic carbocycles. The standard InChI is InChI=1S/C23H22N4O3S/c1-4-30-18-9-7-17(8-10-18)26-11-12-27-21(22(26)29)24-25-23(27)31-14-20(28)19-13-15(2)5-6-16(19)3/h5-13H,4,14H2,1-3H3. The summed E-state index contributed by atoms with van der Waals surface area (Å²) in [5.74, 6) is 0.980. The number of rotatable bonds is 7. The summed E-state index contributed by atoms with van der Waals surface area (Å²) in [6.07, 6.45) is 3.41. The first kappa shape index (κ1) is 20.9. The van der Waals surface area contributed by atoms with Gasteiger partial charge in [0.05, 0.1) is 12.4 Å². The van der Waals surface area contributed by atoms with Crippen LogP contribution in [0.3, 0.4) is 0 Å². The van der Waals surface area contributed by atoms with Crippen molar-refractivity contribution in [3.63, 3.8) is 0 Å². The zero-order chi connectivity index (χ0) is 22.0. The van der Waals surface area contributed by atoms with E-state index in [0.29, 0.717) is 23.0 Å². The second-order valence-corrected chi connectivity index (χ2v) is 8.05. The minimum Gasteiger partial charge on any atom is -0.494 e. The second-order valence-electron chi connectivity index (χ2n) is 7.11. The van der Waals surface area contributed by atoms with E-state index in [1.807, 2.05) is 63.2 Å². The minimum atomic E-state index is -0.285. The molecule has 2 heterocycles. The van der Waals surface area contributed by atoms with Crippen LogP contribution in [-0.2, 0) is 0 Å². The molecule has 0 fully saturated rings. The molecule has 7 nitrogen and oxygen atoms in total. The Labute approximate surface area is 183 Å². The number of ketones is 1. The lowest BCUT2D eigenvalue weighted by Crippen LogP contribution is -2.20. The summed E-state index contributed by atoms with van der Waals surface area (Å²) < 4.78 is 8.58. The van der Waals surface area contributed by atoms with Gasteiger partial charge in [0, 0.05) is 23.6 Å². The van der Waals surface area contributed by atoms with E-state index in [1.54, 1.807) is 16.8 Å². The van der Waals surface area contributed by atoms with Crippen LogP contribution in [0.15, 0.2) is 64.8 Å². The maximum atomic E-state index is 12.9. The largest absolute Gasteiger partial charge is 0.494 e. The molecule has 0 N–H and O–H groups in total. The van der Waals surface area contributed by atoms with Crippen molar-refractivity contribution in [2.45, 2.75) is 25.9 Å². The number of ether oxygens (including phenoxy) is 1. The number of hydrogen-bond acceptors (Lipinski definition) is 6. The van der Waals surface area contributed by atoms with Crippen molar-refractivity contribution in [1.29, 1.82) is 0 Å². The lowest BCUT2D eigenvalue weighted by molar-refractivity contribution is 0.102. The molecule has 4 rings (SSSR count). The Hall–Kier alpha value is -3.39. The van der Waals surface area contributed by atoms with Crippen LogP contribution in [0.25, 0.3) is 11.3 Å². The molecule has 0 bridgehead atoms. The number of carbonyl (C=O) groups excluding carboxylic acids is 1. The van der Waals surface area contributed by atoms with E-state index in [1.165, 1.54) is 16.3 Å². The Morgan fingerprint density at radius 2 is 1.84 bits per heavy atom. The molecule has 8 heteroatoms. The monoisotopic (exact) mass is 434 g/mol. The molecule has 31 heavy (non-hydrogen) atoms. The first-order valence-corrected chi connectivity index (χ1v) is 10.9. The van der Waals surface area contributed by atoms with Crippen LogP contribution in [0.5, 0.6) is 5.75 Å². The van der Waals surface area contributed by atoms with Gasteiger partial charge in [-0.3, -0.25) is 18.6 Å². The fraction of sp³-hybridized carbons (Fsp3) is 0.217. The first-order valence-electron chi connectivity index (χ1n) is 9.91. The SMILES string of the molecule is CCOc1ccc(-n2ccn3c(SCC(=O)c4cc(C)ccc4C)nnc3c2=O)cc1. The Bertz CT molecular complexity index is 1310. The highest BCUT2D eigenvalue weighted by molar-refractivity contribution is 7.99. The minimum absolute atomic E-state index is 0.0191. The topological polar surface area (TPSA) is 78.5 Å². The van der Waals surface area contributed by atoms with Crippen molar-refractivity contribution >= 4 is 23.2 Å². The van der Waals surface area contributed by atoms with Gasteiger partial charge < -0.3 is 4.74 Å². The number of aryl methyl sites for hydroxylation is 2.